The Labute approximate surface area is 83.7 Å². The first-order valence-electron chi connectivity index (χ1n) is 4.51. The molecule has 1 rings (SSSR count). The molecule has 6 heteroatoms. The van der Waals surface area contributed by atoms with Crippen molar-refractivity contribution < 1.29 is 13.5 Å². The summed E-state index contributed by atoms with van der Waals surface area (Å²) in [4.78, 5) is 0. The third-order valence-corrected chi connectivity index (χ3v) is 4.16. The molecule has 1 atom stereocenters. The quantitative estimate of drug-likeness (QED) is 0.636. The maximum atomic E-state index is 11.3. The molecule has 14 heavy (non-hydrogen) atoms. The summed E-state index contributed by atoms with van der Waals surface area (Å²) in [6.07, 6.45) is 1.04. The highest BCUT2D eigenvalue weighted by Crippen LogP contribution is 2.22. The number of β-amino-alcohol motifs (C(OH)–C–C–N with tert-alkyl or cyclic N) is 1. The van der Waals surface area contributed by atoms with Gasteiger partial charge in [0.15, 0.2) is 9.84 Å². The van der Waals surface area contributed by atoms with E-state index in [-0.39, 0.29) is 24.7 Å². The minimum absolute atomic E-state index is 0.0938. The van der Waals surface area contributed by atoms with Crippen LogP contribution in [-0.2, 0) is 9.84 Å². The third-order valence-electron chi connectivity index (χ3n) is 2.31. The van der Waals surface area contributed by atoms with Crippen molar-refractivity contribution in [2.24, 2.45) is 0 Å². The van der Waals surface area contributed by atoms with Crippen LogP contribution >= 0.6 is 0 Å². The highest BCUT2D eigenvalue weighted by atomic mass is 32.2. The van der Waals surface area contributed by atoms with Gasteiger partial charge in [-0.2, -0.15) is 5.26 Å². The van der Waals surface area contributed by atoms with Crippen molar-refractivity contribution in [2.45, 2.75) is 18.4 Å². The minimum atomic E-state index is -3.10. The second-order valence-electron chi connectivity index (χ2n) is 3.54. The third kappa shape index (κ3) is 2.67. The molecule has 1 saturated heterocycles. The molecule has 0 aromatic rings. The zero-order valence-corrected chi connectivity index (χ0v) is 8.68. The summed E-state index contributed by atoms with van der Waals surface area (Å²) in [6, 6.07) is 2.01. The van der Waals surface area contributed by atoms with Crippen LogP contribution in [0.25, 0.3) is 0 Å². The monoisotopic (exact) mass is 218 g/mol. The summed E-state index contributed by atoms with van der Waals surface area (Å²) in [7, 11) is -3.10. The molecule has 1 aliphatic rings. The number of nitriles is 1. The first-order chi connectivity index (χ1) is 6.54. The highest BCUT2D eigenvalue weighted by molar-refractivity contribution is 7.91. The molecule has 0 amide bonds. The molecule has 1 heterocycles. The van der Waals surface area contributed by atoms with Crippen LogP contribution < -0.4 is 5.32 Å². The smallest absolute Gasteiger partial charge is 0.153 e. The first kappa shape index (κ1) is 11.4. The molecule has 80 valence electrons. The Hall–Kier alpha value is -0.640. The summed E-state index contributed by atoms with van der Waals surface area (Å²) in [5.74, 6) is 0.0216. The lowest BCUT2D eigenvalue weighted by molar-refractivity contribution is 0.271. The Morgan fingerprint density at radius 1 is 1.57 bits per heavy atom. The lowest BCUT2D eigenvalue weighted by atomic mass is 9.97. The van der Waals surface area contributed by atoms with E-state index < -0.39 is 15.4 Å². The van der Waals surface area contributed by atoms with E-state index in [1.807, 2.05) is 6.07 Å². The topological polar surface area (TPSA) is 90.2 Å². The van der Waals surface area contributed by atoms with E-state index in [4.69, 9.17) is 10.4 Å². The van der Waals surface area contributed by atoms with Crippen molar-refractivity contribution in [1.82, 2.24) is 5.32 Å². The molecule has 0 spiro atoms. The number of hydrogen-bond acceptors (Lipinski definition) is 5. The number of sulfone groups is 1. The summed E-state index contributed by atoms with van der Waals surface area (Å²) in [5.41, 5.74) is -0.986. The molecule has 1 fully saturated rings. The van der Waals surface area contributed by atoms with Gasteiger partial charge in [0.05, 0.1) is 24.2 Å². The summed E-state index contributed by atoms with van der Waals surface area (Å²) < 4.78 is 22.7. The van der Waals surface area contributed by atoms with Crippen LogP contribution in [0, 0.1) is 11.3 Å². The molecule has 0 aromatic carbocycles. The van der Waals surface area contributed by atoms with Gasteiger partial charge in [0.1, 0.15) is 5.54 Å². The van der Waals surface area contributed by atoms with Crippen LogP contribution in [0.5, 0.6) is 0 Å². The molecular weight excluding hydrogens is 204 g/mol. The Bertz CT molecular complexity index is 333. The van der Waals surface area contributed by atoms with Gasteiger partial charge in [-0.3, -0.25) is 5.32 Å². The lowest BCUT2D eigenvalue weighted by Crippen LogP contribution is -2.53. The molecule has 5 nitrogen and oxygen atoms in total. The second kappa shape index (κ2) is 4.26. The largest absolute Gasteiger partial charge is 0.395 e. The Morgan fingerprint density at radius 3 is 2.79 bits per heavy atom. The summed E-state index contributed by atoms with van der Waals surface area (Å²) in [6.45, 7) is 0.159. The number of nitrogens with zero attached hydrogens (tertiary/aromatic N) is 1. The van der Waals surface area contributed by atoms with Gasteiger partial charge in [-0.1, -0.05) is 0 Å². The first-order valence-corrected chi connectivity index (χ1v) is 6.33. The van der Waals surface area contributed by atoms with Crippen molar-refractivity contribution in [3.8, 4) is 6.07 Å². The molecule has 0 saturated carbocycles. The maximum Gasteiger partial charge on any atom is 0.153 e. The summed E-state index contributed by atoms with van der Waals surface area (Å²) in [5, 5.41) is 20.4. The number of hydrogen-bond donors (Lipinski definition) is 2. The van der Waals surface area contributed by atoms with Crippen molar-refractivity contribution >= 4 is 9.84 Å². The van der Waals surface area contributed by atoms with Crippen LogP contribution in [0.4, 0.5) is 0 Å². The van der Waals surface area contributed by atoms with Crippen LogP contribution in [0.1, 0.15) is 12.8 Å². The van der Waals surface area contributed by atoms with E-state index >= 15 is 0 Å². The van der Waals surface area contributed by atoms with Gasteiger partial charge < -0.3 is 5.11 Å². The van der Waals surface area contributed by atoms with Gasteiger partial charge in [0.2, 0.25) is 0 Å². The molecule has 0 radical (unpaired) electrons. The number of nitrogens with one attached hydrogen (secondary N) is 1. The Kier molecular flexibility index (Phi) is 3.48. The van der Waals surface area contributed by atoms with Gasteiger partial charge in [-0.05, 0) is 12.8 Å². The molecule has 1 aliphatic heterocycles. The SMILES string of the molecule is N#CC1(NCCO)CCCS(=O)(=O)C1. The highest BCUT2D eigenvalue weighted by Gasteiger charge is 2.38. The van der Waals surface area contributed by atoms with Crippen molar-refractivity contribution in [3.05, 3.63) is 0 Å². The standard InChI is InChI=1S/C8H14N2O3S/c9-6-8(10-3-4-11)2-1-5-14(12,13)7-8/h10-11H,1-5,7H2. The van der Waals surface area contributed by atoms with Crippen molar-refractivity contribution in [2.75, 3.05) is 24.7 Å². The molecule has 2 N–H and O–H groups in total. The fourth-order valence-electron chi connectivity index (χ4n) is 1.68. The van der Waals surface area contributed by atoms with Crippen molar-refractivity contribution in [3.63, 3.8) is 0 Å². The normalized spacial score (nSPS) is 30.9. The van der Waals surface area contributed by atoms with E-state index in [0.717, 1.165) is 0 Å². The fourth-order valence-corrected chi connectivity index (χ4v) is 3.47. The zero-order chi connectivity index (χ0) is 10.7. The number of rotatable bonds is 3. The molecule has 0 aliphatic carbocycles. The molecule has 0 bridgehead atoms. The fraction of sp³-hybridized carbons (Fsp3) is 0.875. The van der Waals surface area contributed by atoms with Gasteiger partial charge in [-0.15, -0.1) is 0 Å². The van der Waals surface area contributed by atoms with Crippen LogP contribution in [0.3, 0.4) is 0 Å². The van der Waals surface area contributed by atoms with Crippen LogP contribution in [0.2, 0.25) is 0 Å². The van der Waals surface area contributed by atoms with Gasteiger partial charge in [-0.25, -0.2) is 8.42 Å². The van der Waals surface area contributed by atoms with E-state index in [0.29, 0.717) is 12.8 Å². The predicted octanol–water partition coefficient (Wildman–Crippen LogP) is -0.961. The average Bonchev–Trinajstić information content (AvgIpc) is 2.13. The van der Waals surface area contributed by atoms with E-state index in [1.165, 1.54) is 0 Å². The zero-order valence-electron chi connectivity index (χ0n) is 7.86. The summed E-state index contributed by atoms with van der Waals surface area (Å²) >= 11 is 0. The Balaban J connectivity index is 2.75. The van der Waals surface area contributed by atoms with Gasteiger partial charge >= 0.3 is 0 Å². The predicted molar refractivity (Wildman–Crippen MR) is 51.3 cm³/mol. The average molecular weight is 218 g/mol. The van der Waals surface area contributed by atoms with Crippen LogP contribution in [0.15, 0.2) is 0 Å². The molecule has 0 aromatic heterocycles. The Morgan fingerprint density at radius 2 is 2.29 bits per heavy atom. The number of aliphatic hydroxyl groups is 1. The molecular formula is C8H14N2O3S. The lowest BCUT2D eigenvalue weighted by Gasteiger charge is -2.31. The van der Waals surface area contributed by atoms with E-state index in [1.54, 1.807) is 0 Å². The molecule has 1 unspecified atom stereocenters. The van der Waals surface area contributed by atoms with Crippen molar-refractivity contribution in [1.29, 1.82) is 5.26 Å². The van der Waals surface area contributed by atoms with E-state index in [9.17, 15) is 8.42 Å². The maximum absolute atomic E-state index is 11.3. The van der Waals surface area contributed by atoms with Gasteiger partial charge in [0, 0.05) is 6.54 Å². The van der Waals surface area contributed by atoms with E-state index in [2.05, 4.69) is 5.32 Å². The second-order valence-corrected chi connectivity index (χ2v) is 5.72. The van der Waals surface area contributed by atoms with Gasteiger partial charge in [0.25, 0.3) is 0 Å². The minimum Gasteiger partial charge on any atom is -0.395 e. The number of aliphatic hydroxyl groups excluding tert-OH is 1. The van der Waals surface area contributed by atoms with Crippen LogP contribution in [-0.4, -0.2) is 43.7 Å².